The summed E-state index contributed by atoms with van der Waals surface area (Å²) < 4.78 is 42.4. The van der Waals surface area contributed by atoms with Crippen LogP contribution in [0.3, 0.4) is 0 Å². The fraction of sp³-hybridized carbons (Fsp3) is 0.316. The Morgan fingerprint density at radius 1 is 1.37 bits per heavy atom. The summed E-state index contributed by atoms with van der Waals surface area (Å²) in [6.45, 7) is 1.69. The molecule has 0 unspecified atom stereocenters. The number of aromatic nitrogens is 3. The minimum absolute atomic E-state index is 0.308. The number of benzene rings is 1. The summed E-state index contributed by atoms with van der Waals surface area (Å²) in [7, 11) is 1.88. The van der Waals surface area contributed by atoms with E-state index in [-0.39, 0.29) is 5.82 Å². The summed E-state index contributed by atoms with van der Waals surface area (Å²) in [6.07, 6.45) is 6.18. The maximum absolute atomic E-state index is 13.9. The van der Waals surface area contributed by atoms with E-state index in [0.717, 1.165) is 35.0 Å². The Morgan fingerprint density at radius 3 is 2.78 bits per heavy atom. The molecule has 0 atom stereocenters. The van der Waals surface area contributed by atoms with E-state index >= 15 is 0 Å². The normalized spacial score (nSPS) is 12.5. The summed E-state index contributed by atoms with van der Waals surface area (Å²) in [4.78, 5) is 0.625. The molecule has 0 fully saturated rings. The Hall–Kier alpha value is -2.19. The molecular formula is C19H21F3N4S. The second kappa shape index (κ2) is 8.22. The molecule has 8 heteroatoms. The Balaban J connectivity index is 2.06. The van der Waals surface area contributed by atoms with Crippen molar-refractivity contribution >= 4 is 28.4 Å². The highest BCUT2D eigenvalue weighted by Gasteiger charge is 2.18. The molecule has 0 aliphatic carbocycles. The number of halogens is 3. The van der Waals surface area contributed by atoms with Crippen molar-refractivity contribution in [3.05, 3.63) is 53.7 Å². The van der Waals surface area contributed by atoms with Gasteiger partial charge in [-0.2, -0.15) is 13.9 Å². The van der Waals surface area contributed by atoms with Gasteiger partial charge in [0.15, 0.2) is 0 Å². The monoisotopic (exact) mass is 394 g/mol. The van der Waals surface area contributed by atoms with Crippen LogP contribution in [0.2, 0.25) is 0 Å². The zero-order chi connectivity index (χ0) is 19.6. The van der Waals surface area contributed by atoms with Gasteiger partial charge in [-0.3, -0.25) is 3.97 Å². The van der Waals surface area contributed by atoms with E-state index in [1.807, 2.05) is 30.2 Å². The first-order valence-electron chi connectivity index (χ1n) is 8.57. The number of nitrogens with zero attached hydrogens (tertiary/aromatic N) is 3. The molecule has 1 N–H and O–H groups in total. The van der Waals surface area contributed by atoms with Crippen LogP contribution in [0, 0.1) is 12.7 Å². The number of allylic oxidation sites excluding steroid dienone is 1. The Labute approximate surface area is 160 Å². The lowest BCUT2D eigenvalue weighted by atomic mass is 10.0. The molecule has 2 heterocycles. The fourth-order valence-corrected chi connectivity index (χ4v) is 3.95. The van der Waals surface area contributed by atoms with Crippen molar-refractivity contribution in [2.75, 3.05) is 13.6 Å². The molecule has 27 heavy (non-hydrogen) atoms. The van der Waals surface area contributed by atoms with Gasteiger partial charge in [-0.15, -0.1) is 0 Å². The molecule has 1 aromatic carbocycles. The van der Waals surface area contributed by atoms with Crippen molar-refractivity contribution < 1.29 is 13.2 Å². The van der Waals surface area contributed by atoms with Gasteiger partial charge < -0.3 is 5.32 Å². The van der Waals surface area contributed by atoms with Crippen LogP contribution in [-0.4, -0.2) is 27.3 Å². The molecule has 0 saturated heterocycles. The van der Waals surface area contributed by atoms with Crippen LogP contribution in [-0.2, 0) is 0 Å². The Morgan fingerprint density at radius 2 is 2.15 bits per heavy atom. The molecule has 3 aromatic rings. The van der Waals surface area contributed by atoms with Crippen molar-refractivity contribution in [3.63, 3.8) is 0 Å². The Kier molecular flexibility index (Phi) is 5.96. The first-order valence-corrected chi connectivity index (χ1v) is 9.35. The van der Waals surface area contributed by atoms with E-state index in [0.29, 0.717) is 15.3 Å². The highest BCUT2D eigenvalue weighted by atomic mass is 32.2. The predicted octanol–water partition coefficient (Wildman–Crippen LogP) is 5.25. The zero-order valence-electron chi connectivity index (χ0n) is 15.3. The molecule has 144 valence electrons. The van der Waals surface area contributed by atoms with Crippen molar-refractivity contribution in [2.24, 2.45) is 0 Å². The van der Waals surface area contributed by atoms with Crippen LogP contribution < -0.4 is 5.32 Å². The van der Waals surface area contributed by atoms with E-state index < -0.39 is 6.55 Å². The molecule has 0 aliphatic rings. The highest BCUT2D eigenvalue weighted by Crippen LogP contribution is 2.35. The Bertz CT molecular complexity index is 975. The molecule has 0 saturated carbocycles. The van der Waals surface area contributed by atoms with Crippen LogP contribution >= 0.6 is 11.9 Å². The molecule has 3 rings (SSSR count). The lowest BCUT2D eigenvalue weighted by Gasteiger charge is -2.06. The smallest absolute Gasteiger partial charge is 0.319 e. The van der Waals surface area contributed by atoms with Gasteiger partial charge in [0.25, 0.3) is 0 Å². The number of hydrogen-bond donors (Lipinski definition) is 1. The van der Waals surface area contributed by atoms with Gasteiger partial charge in [0.05, 0.1) is 22.3 Å². The van der Waals surface area contributed by atoms with Gasteiger partial charge >= 0.3 is 6.55 Å². The number of hydrogen-bond acceptors (Lipinski definition) is 3. The molecular weight excluding hydrogens is 373 g/mol. The quantitative estimate of drug-likeness (QED) is 0.594. The van der Waals surface area contributed by atoms with Crippen molar-refractivity contribution in [3.8, 4) is 0 Å². The van der Waals surface area contributed by atoms with Gasteiger partial charge in [0, 0.05) is 17.1 Å². The third-order valence-corrected chi connectivity index (χ3v) is 5.55. The second-order valence-corrected chi connectivity index (χ2v) is 7.12. The van der Waals surface area contributed by atoms with Crippen LogP contribution in [0.1, 0.15) is 31.2 Å². The number of fused-ring (bicyclic) bond motifs is 1. The first kappa shape index (κ1) is 19.6. The number of rotatable bonds is 7. The zero-order valence-corrected chi connectivity index (χ0v) is 16.2. The molecule has 0 aliphatic heterocycles. The summed E-state index contributed by atoms with van der Waals surface area (Å²) in [5.41, 5.74) is 3.25. The average molecular weight is 394 g/mol. The van der Waals surface area contributed by atoms with Gasteiger partial charge in [0.2, 0.25) is 0 Å². The minimum atomic E-state index is -2.68. The largest absolute Gasteiger partial charge is 0.333 e. The summed E-state index contributed by atoms with van der Waals surface area (Å²) in [5, 5.41) is 7.67. The molecule has 4 nitrogen and oxygen atoms in total. The van der Waals surface area contributed by atoms with E-state index in [2.05, 4.69) is 10.4 Å². The number of alkyl halides is 2. The summed E-state index contributed by atoms with van der Waals surface area (Å²) in [5.74, 6) is -0.308. The van der Waals surface area contributed by atoms with Crippen molar-refractivity contribution in [1.82, 2.24) is 19.1 Å². The number of nitrogens with one attached hydrogen (secondary N) is 1. The van der Waals surface area contributed by atoms with E-state index in [4.69, 9.17) is 0 Å². The van der Waals surface area contributed by atoms with Crippen LogP contribution in [0.5, 0.6) is 0 Å². The molecule has 0 spiro atoms. The van der Waals surface area contributed by atoms with Crippen molar-refractivity contribution in [1.29, 1.82) is 0 Å². The van der Waals surface area contributed by atoms with Crippen LogP contribution in [0.15, 0.2) is 41.6 Å². The van der Waals surface area contributed by atoms with Gasteiger partial charge in [0.1, 0.15) is 5.82 Å². The fourth-order valence-electron chi connectivity index (χ4n) is 3.00. The van der Waals surface area contributed by atoms with Gasteiger partial charge in [-0.1, -0.05) is 6.08 Å². The molecule has 0 bridgehead atoms. The van der Waals surface area contributed by atoms with E-state index in [1.54, 1.807) is 13.0 Å². The molecule has 2 aromatic heterocycles. The standard InChI is InChI=1S/C19H21F3N4S/c1-4-13(7-8-23-3)16-11-25(17-6-5-14(20)9-15(16)17)27-18-10-24-26(12(18)2)19(21)22/h4-6,9-11,19,23H,7-8H2,1-3H3/b13-4+. The topological polar surface area (TPSA) is 34.8 Å². The second-order valence-electron chi connectivity index (χ2n) is 6.11. The molecule has 0 amide bonds. The third-order valence-electron chi connectivity index (χ3n) is 4.45. The van der Waals surface area contributed by atoms with Crippen LogP contribution in [0.4, 0.5) is 13.2 Å². The van der Waals surface area contributed by atoms with Gasteiger partial charge in [-0.05, 0) is 69.6 Å². The molecule has 0 radical (unpaired) electrons. The lowest BCUT2D eigenvalue weighted by Crippen LogP contribution is -2.07. The maximum atomic E-state index is 13.9. The maximum Gasteiger partial charge on any atom is 0.333 e. The van der Waals surface area contributed by atoms with Crippen molar-refractivity contribution in [2.45, 2.75) is 31.7 Å². The summed E-state index contributed by atoms with van der Waals surface area (Å²) >= 11 is 1.30. The SMILES string of the molecule is C/C=C(\CCNC)c1cn(Sc2cnn(C(F)F)c2C)c2ccc(F)cc12. The highest BCUT2D eigenvalue weighted by molar-refractivity contribution is 7.98. The van der Waals surface area contributed by atoms with Crippen LogP contribution in [0.25, 0.3) is 16.5 Å². The lowest BCUT2D eigenvalue weighted by molar-refractivity contribution is 0.0541. The van der Waals surface area contributed by atoms with E-state index in [9.17, 15) is 13.2 Å². The van der Waals surface area contributed by atoms with Gasteiger partial charge in [-0.25, -0.2) is 9.07 Å². The minimum Gasteiger partial charge on any atom is -0.319 e. The predicted molar refractivity (Wildman–Crippen MR) is 104 cm³/mol. The van der Waals surface area contributed by atoms with E-state index in [1.165, 1.54) is 30.3 Å². The average Bonchev–Trinajstić information content (AvgIpc) is 3.17. The third kappa shape index (κ3) is 3.91. The first-order chi connectivity index (χ1) is 13.0. The summed E-state index contributed by atoms with van der Waals surface area (Å²) in [6, 6.07) is 4.63.